The average Bonchev–Trinajstić information content (AvgIpc) is 2.47. The molecule has 5 heteroatoms. The molecule has 0 fully saturated rings. The topological polar surface area (TPSA) is 64.3 Å². The second-order valence-electron chi connectivity index (χ2n) is 4.72. The zero-order chi connectivity index (χ0) is 15.4. The Labute approximate surface area is 132 Å². The zero-order valence-corrected chi connectivity index (χ0v) is 13.5. The molecule has 1 amide bonds. The third-order valence-electron chi connectivity index (χ3n) is 3.18. The van der Waals surface area contributed by atoms with Gasteiger partial charge in [0, 0.05) is 16.2 Å². The minimum absolute atomic E-state index is 0.431. The van der Waals surface area contributed by atoms with Crippen LogP contribution in [-0.4, -0.2) is 13.0 Å². The lowest BCUT2D eigenvalue weighted by molar-refractivity contribution is -0.118. The first kappa shape index (κ1) is 15.4. The number of nitrogens with two attached hydrogens (primary N) is 1. The molecule has 2 rings (SSSR count). The van der Waals surface area contributed by atoms with Crippen molar-refractivity contribution in [2.75, 3.05) is 12.4 Å². The Morgan fingerprint density at radius 2 is 2.05 bits per heavy atom. The van der Waals surface area contributed by atoms with Crippen molar-refractivity contribution in [3.63, 3.8) is 0 Å². The van der Waals surface area contributed by atoms with Crippen molar-refractivity contribution in [2.45, 2.75) is 13.0 Å². The van der Waals surface area contributed by atoms with Crippen LogP contribution in [0, 0.1) is 6.92 Å². The fourth-order valence-electron chi connectivity index (χ4n) is 2.05. The summed E-state index contributed by atoms with van der Waals surface area (Å²) in [5.41, 5.74) is 8.18. The van der Waals surface area contributed by atoms with Gasteiger partial charge >= 0.3 is 0 Å². The third kappa shape index (κ3) is 3.76. The van der Waals surface area contributed by atoms with Crippen molar-refractivity contribution in [3.8, 4) is 5.75 Å². The van der Waals surface area contributed by atoms with Crippen molar-refractivity contribution in [2.24, 2.45) is 5.73 Å². The molecule has 3 N–H and O–H groups in total. The lowest BCUT2D eigenvalue weighted by Crippen LogP contribution is -2.27. The smallest absolute Gasteiger partial charge is 0.244 e. The molecule has 0 spiro atoms. The zero-order valence-electron chi connectivity index (χ0n) is 11.9. The van der Waals surface area contributed by atoms with E-state index in [1.165, 1.54) is 0 Å². The highest BCUT2D eigenvalue weighted by molar-refractivity contribution is 9.10. The minimum atomic E-state index is -0.594. The average molecular weight is 349 g/mol. The quantitative estimate of drug-likeness (QED) is 0.870. The maximum absolute atomic E-state index is 11.8. The predicted octanol–water partition coefficient (Wildman–Crippen LogP) is 3.40. The largest absolute Gasteiger partial charge is 0.497 e. The number of rotatable bonds is 5. The van der Waals surface area contributed by atoms with Gasteiger partial charge in [0.15, 0.2) is 0 Å². The first-order valence-electron chi connectivity index (χ1n) is 6.47. The van der Waals surface area contributed by atoms with Gasteiger partial charge in [0.05, 0.1) is 7.11 Å². The number of hydrogen-bond donors (Lipinski definition) is 2. The molecule has 0 aliphatic carbocycles. The number of methoxy groups -OCH3 is 1. The Kier molecular flexibility index (Phi) is 4.85. The summed E-state index contributed by atoms with van der Waals surface area (Å²) in [4.78, 5) is 11.8. The van der Waals surface area contributed by atoms with Gasteiger partial charge in [0.2, 0.25) is 5.91 Å². The van der Waals surface area contributed by atoms with E-state index in [4.69, 9.17) is 10.5 Å². The minimum Gasteiger partial charge on any atom is -0.497 e. The molecule has 21 heavy (non-hydrogen) atoms. The van der Waals surface area contributed by atoms with Gasteiger partial charge in [-0.1, -0.05) is 34.1 Å². The highest BCUT2D eigenvalue weighted by atomic mass is 79.9. The summed E-state index contributed by atoms with van der Waals surface area (Å²) in [5.74, 6) is 0.287. The second-order valence-corrected chi connectivity index (χ2v) is 5.57. The molecule has 0 bridgehead atoms. The van der Waals surface area contributed by atoms with Crippen LogP contribution >= 0.6 is 15.9 Å². The lowest BCUT2D eigenvalue weighted by Gasteiger charge is -2.18. The number of hydrogen-bond acceptors (Lipinski definition) is 3. The summed E-state index contributed by atoms with van der Waals surface area (Å²) in [5, 5.41) is 3.15. The first-order chi connectivity index (χ1) is 10.0. The van der Waals surface area contributed by atoms with Crippen molar-refractivity contribution >= 4 is 27.5 Å². The number of benzene rings is 2. The predicted molar refractivity (Wildman–Crippen MR) is 87.4 cm³/mol. The lowest BCUT2D eigenvalue weighted by atomic mass is 10.0. The van der Waals surface area contributed by atoms with Crippen LogP contribution in [0.25, 0.3) is 0 Å². The molecule has 0 radical (unpaired) electrons. The van der Waals surface area contributed by atoms with Crippen LogP contribution in [0.2, 0.25) is 0 Å². The van der Waals surface area contributed by atoms with E-state index in [-0.39, 0.29) is 0 Å². The van der Waals surface area contributed by atoms with E-state index >= 15 is 0 Å². The van der Waals surface area contributed by atoms with Crippen LogP contribution in [0.1, 0.15) is 17.2 Å². The fourth-order valence-corrected chi connectivity index (χ4v) is 2.29. The third-order valence-corrected chi connectivity index (χ3v) is 4.07. The van der Waals surface area contributed by atoms with Gasteiger partial charge in [-0.25, -0.2) is 0 Å². The van der Waals surface area contributed by atoms with E-state index < -0.39 is 11.9 Å². The van der Waals surface area contributed by atoms with E-state index in [1.54, 1.807) is 7.11 Å². The Bertz CT molecular complexity index is 658. The van der Waals surface area contributed by atoms with Gasteiger partial charge in [-0.05, 0) is 36.2 Å². The summed E-state index contributed by atoms with van der Waals surface area (Å²) in [7, 11) is 1.60. The highest BCUT2D eigenvalue weighted by Gasteiger charge is 2.18. The number of carbonyl (C=O) groups excluding carboxylic acids is 1. The molecule has 1 atom stereocenters. The maximum atomic E-state index is 11.8. The second kappa shape index (κ2) is 6.63. The number of anilines is 1. The Morgan fingerprint density at radius 3 is 2.67 bits per heavy atom. The molecule has 0 saturated heterocycles. The van der Waals surface area contributed by atoms with Gasteiger partial charge in [-0.15, -0.1) is 0 Å². The van der Waals surface area contributed by atoms with Crippen LogP contribution in [0.15, 0.2) is 46.9 Å². The summed E-state index contributed by atoms with van der Waals surface area (Å²) in [6, 6.07) is 12.5. The number of aryl methyl sites for hydroxylation is 1. The summed E-state index contributed by atoms with van der Waals surface area (Å²) in [6.45, 7) is 1.97. The van der Waals surface area contributed by atoms with Gasteiger partial charge in [-0.2, -0.15) is 0 Å². The molecule has 2 aromatic rings. The molecule has 0 aliphatic heterocycles. The SMILES string of the molecule is COc1cccc(NC(C(N)=O)c2ccc(Br)c(C)c2)c1. The van der Waals surface area contributed by atoms with Crippen molar-refractivity contribution in [1.29, 1.82) is 0 Å². The molecule has 110 valence electrons. The van der Waals surface area contributed by atoms with Gasteiger partial charge in [-0.3, -0.25) is 4.79 Å². The number of nitrogens with one attached hydrogen (secondary N) is 1. The highest BCUT2D eigenvalue weighted by Crippen LogP contribution is 2.25. The molecule has 0 heterocycles. The van der Waals surface area contributed by atoms with E-state index in [1.807, 2.05) is 49.4 Å². The van der Waals surface area contributed by atoms with E-state index in [9.17, 15) is 4.79 Å². The number of ether oxygens (including phenoxy) is 1. The normalized spacial score (nSPS) is 11.8. The summed E-state index contributed by atoms with van der Waals surface area (Å²) >= 11 is 3.45. The van der Waals surface area contributed by atoms with Gasteiger partial charge < -0.3 is 15.8 Å². The molecule has 4 nitrogen and oxygen atoms in total. The van der Waals surface area contributed by atoms with Crippen molar-refractivity contribution in [1.82, 2.24) is 0 Å². The van der Waals surface area contributed by atoms with Crippen LogP contribution < -0.4 is 15.8 Å². The van der Waals surface area contributed by atoms with Crippen LogP contribution in [-0.2, 0) is 4.79 Å². The monoisotopic (exact) mass is 348 g/mol. The number of amides is 1. The number of primary amides is 1. The Morgan fingerprint density at radius 1 is 1.29 bits per heavy atom. The molecule has 2 aromatic carbocycles. The molecule has 1 unspecified atom stereocenters. The van der Waals surface area contributed by atoms with Gasteiger partial charge in [0.25, 0.3) is 0 Å². The summed E-state index contributed by atoms with van der Waals surface area (Å²) in [6.07, 6.45) is 0. The maximum Gasteiger partial charge on any atom is 0.244 e. The van der Waals surface area contributed by atoms with Gasteiger partial charge in [0.1, 0.15) is 11.8 Å². The molecule has 0 saturated carbocycles. The molecule has 0 aliphatic rings. The van der Waals surface area contributed by atoms with E-state index in [0.717, 1.165) is 27.0 Å². The Balaban J connectivity index is 2.30. The van der Waals surface area contributed by atoms with Crippen molar-refractivity contribution in [3.05, 3.63) is 58.1 Å². The van der Waals surface area contributed by atoms with Crippen LogP contribution in [0.5, 0.6) is 5.75 Å². The Hall–Kier alpha value is -2.01. The molecular weight excluding hydrogens is 332 g/mol. The molecular formula is C16H17BrN2O2. The van der Waals surface area contributed by atoms with E-state index in [2.05, 4.69) is 21.2 Å². The van der Waals surface area contributed by atoms with Crippen LogP contribution in [0.4, 0.5) is 5.69 Å². The van der Waals surface area contributed by atoms with Crippen LogP contribution in [0.3, 0.4) is 0 Å². The number of carbonyl (C=O) groups is 1. The summed E-state index contributed by atoms with van der Waals surface area (Å²) < 4.78 is 6.17. The molecule has 0 aromatic heterocycles. The number of halogens is 1. The van der Waals surface area contributed by atoms with E-state index in [0.29, 0.717) is 0 Å². The fraction of sp³-hybridized carbons (Fsp3) is 0.188. The van der Waals surface area contributed by atoms with Crippen molar-refractivity contribution < 1.29 is 9.53 Å². The standard InChI is InChI=1S/C16H17BrN2O2/c1-10-8-11(6-7-14(10)17)15(16(18)20)19-12-4-3-5-13(9-12)21-2/h3-9,15,19H,1-2H3,(H2,18,20). The first-order valence-corrected chi connectivity index (χ1v) is 7.26.